The smallest absolute Gasteiger partial charge is 0.0562 e. The number of unbranched alkanes of at least 4 members (excludes halogenated alkanes) is 5. The highest BCUT2D eigenvalue weighted by atomic mass is 15.0. The minimum absolute atomic E-state index is 1.13. The number of aryl methyl sites for hydroxylation is 4. The van der Waals surface area contributed by atoms with E-state index in [9.17, 15) is 0 Å². The molecule has 0 amide bonds. The molecule has 0 saturated carbocycles. The van der Waals surface area contributed by atoms with Gasteiger partial charge in [0.25, 0.3) is 0 Å². The van der Waals surface area contributed by atoms with E-state index >= 15 is 0 Å². The van der Waals surface area contributed by atoms with E-state index in [1.54, 1.807) is 0 Å². The average molecular weight is 681 g/mol. The first-order valence-corrected chi connectivity index (χ1v) is 19.1. The van der Waals surface area contributed by atoms with Gasteiger partial charge in [0.15, 0.2) is 0 Å². The van der Waals surface area contributed by atoms with Crippen LogP contribution in [-0.2, 0) is 14.1 Å². The van der Waals surface area contributed by atoms with Crippen LogP contribution in [0.25, 0.3) is 76.6 Å². The Labute approximate surface area is 309 Å². The van der Waals surface area contributed by atoms with E-state index in [4.69, 9.17) is 0 Å². The van der Waals surface area contributed by atoms with Crippen molar-refractivity contribution in [3.63, 3.8) is 0 Å². The second-order valence-corrected chi connectivity index (χ2v) is 14.7. The summed E-state index contributed by atoms with van der Waals surface area (Å²) in [6.45, 7) is 14.1. The van der Waals surface area contributed by atoms with Gasteiger partial charge >= 0.3 is 0 Å². The van der Waals surface area contributed by atoms with Crippen LogP contribution in [0, 0.1) is 13.8 Å². The quantitative estimate of drug-likeness (QED) is 0.0773. The number of fused-ring (bicyclic) bond motifs is 9. The van der Waals surface area contributed by atoms with Crippen LogP contribution >= 0.6 is 0 Å². The van der Waals surface area contributed by atoms with Gasteiger partial charge in [0.2, 0.25) is 0 Å². The molecular formula is C50H52N2. The number of hydrogen-bond acceptors (Lipinski definition) is 0. The Hall–Kier alpha value is -5.34. The Kier molecular flexibility index (Phi) is 10.2. The van der Waals surface area contributed by atoms with Crippen molar-refractivity contribution in [1.29, 1.82) is 0 Å². The topological polar surface area (TPSA) is 9.86 Å². The maximum Gasteiger partial charge on any atom is 0.0562 e. The van der Waals surface area contributed by atoms with Gasteiger partial charge in [0.05, 0.1) is 11.0 Å². The van der Waals surface area contributed by atoms with E-state index in [1.165, 1.54) is 132 Å². The van der Waals surface area contributed by atoms with E-state index in [2.05, 4.69) is 166 Å². The molecule has 52 heavy (non-hydrogen) atoms. The second kappa shape index (κ2) is 15.1. The molecule has 0 atom stereocenters. The third-order valence-electron chi connectivity index (χ3n) is 11.0. The summed E-state index contributed by atoms with van der Waals surface area (Å²) in [5, 5.41) is 10.4. The standard InChI is InChI=1S/C38H30N2.C12H22/c1-23-5-9-25(10-6-23)35-21-27-13-15-31-29-18-20-34-32(30(29)17-19-33(31)37(27)39(35)3)16-14-28-22-36(40(4)38(28)34)26-11-7-24(2)8-12-26;1-4-6-7-8-9-10-11-12(3)5-2/h5-22H,1-4H3;5H,2-4,6-11H2,1H3. The van der Waals surface area contributed by atoms with Crippen molar-refractivity contribution in [1.82, 2.24) is 9.13 Å². The summed E-state index contributed by atoms with van der Waals surface area (Å²) in [4.78, 5) is 0. The van der Waals surface area contributed by atoms with Crippen LogP contribution in [0.3, 0.4) is 0 Å². The predicted octanol–water partition coefficient (Wildman–Crippen LogP) is 14.6. The average Bonchev–Trinajstić information content (AvgIpc) is 3.69. The maximum atomic E-state index is 3.89. The van der Waals surface area contributed by atoms with E-state index in [-0.39, 0.29) is 0 Å². The number of rotatable bonds is 10. The van der Waals surface area contributed by atoms with Gasteiger partial charge in [-0.25, -0.2) is 0 Å². The zero-order valence-corrected chi connectivity index (χ0v) is 31.7. The van der Waals surface area contributed by atoms with Crippen molar-refractivity contribution < 1.29 is 0 Å². The minimum Gasteiger partial charge on any atom is -0.343 e. The molecule has 262 valence electrons. The molecule has 8 aromatic rings. The van der Waals surface area contributed by atoms with Crippen molar-refractivity contribution in [2.45, 2.75) is 65.7 Å². The van der Waals surface area contributed by atoms with E-state index in [0.717, 1.165) is 6.42 Å². The molecule has 2 heterocycles. The van der Waals surface area contributed by atoms with Gasteiger partial charge in [-0.05, 0) is 71.5 Å². The molecule has 0 bridgehead atoms. The van der Waals surface area contributed by atoms with Crippen LogP contribution in [0.5, 0.6) is 0 Å². The Morgan fingerprint density at radius 2 is 0.904 bits per heavy atom. The normalized spacial score (nSPS) is 11.5. The lowest BCUT2D eigenvalue weighted by molar-refractivity contribution is 0.608. The lowest BCUT2D eigenvalue weighted by atomic mass is 9.95. The maximum absolute atomic E-state index is 3.89. The van der Waals surface area contributed by atoms with E-state index < -0.39 is 0 Å². The Bertz CT molecular complexity index is 2390. The zero-order valence-electron chi connectivity index (χ0n) is 31.7. The van der Waals surface area contributed by atoms with Crippen LogP contribution in [0.4, 0.5) is 0 Å². The molecule has 2 heteroatoms. The summed E-state index contributed by atoms with van der Waals surface area (Å²) in [6.07, 6.45) is 11.2. The number of nitrogens with zero attached hydrogens (tertiary/aromatic N) is 2. The molecule has 0 unspecified atom stereocenters. The summed E-state index contributed by atoms with van der Waals surface area (Å²) >= 11 is 0. The first-order chi connectivity index (χ1) is 25.3. The lowest BCUT2D eigenvalue weighted by Gasteiger charge is -2.12. The molecule has 8 rings (SSSR count). The molecule has 0 radical (unpaired) electrons. The first-order valence-electron chi connectivity index (χ1n) is 19.1. The third-order valence-corrected chi connectivity index (χ3v) is 11.0. The fourth-order valence-corrected chi connectivity index (χ4v) is 7.99. The van der Waals surface area contributed by atoms with Gasteiger partial charge in [0.1, 0.15) is 0 Å². The second-order valence-electron chi connectivity index (χ2n) is 14.7. The summed E-state index contributed by atoms with van der Waals surface area (Å²) < 4.78 is 4.71. The van der Waals surface area contributed by atoms with Gasteiger partial charge in [-0.3, -0.25) is 0 Å². The van der Waals surface area contributed by atoms with Gasteiger partial charge < -0.3 is 9.13 Å². The van der Waals surface area contributed by atoms with Gasteiger partial charge in [0, 0.05) is 47.0 Å². The molecule has 6 aromatic carbocycles. The third kappa shape index (κ3) is 6.71. The van der Waals surface area contributed by atoms with Gasteiger partial charge in [-0.1, -0.05) is 172 Å². The van der Waals surface area contributed by atoms with Gasteiger partial charge in [-0.2, -0.15) is 0 Å². The fourth-order valence-electron chi connectivity index (χ4n) is 7.99. The monoisotopic (exact) mass is 680 g/mol. The molecule has 2 nitrogen and oxygen atoms in total. The number of benzene rings is 6. The SMILES string of the molecule is C=CC(=C)CCCCCCCC.Cc1ccc(-c2cc3ccc4c5ccc6c(ccc7cc(-c8ccc(C)cc8)n(C)c76)c5ccc4c3n2C)cc1. The van der Waals surface area contributed by atoms with E-state index in [0.29, 0.717) is 0 Å². The molecule has 0 aliphatic rings. The molecule has 0 fully saturated rings. The van der Waals surface area contributed by atoms with Crippen molar-refractivity contribution >= 4 is 54.1 Å². The molecule has 0 aliphatic carbocycles. The number of allylic oxidation sites excluding steroid dienone is 2. The summed E-state index contributed by atoms with van der Waals surface area (Å²) in [5.74, 6) is 0. The van der Waals surface area contributed by atoms with Crippen LogP contribution in [0.15, 0.2) is 134 Å². The van der Waals surface area contributed by atoms with Crippen LogP contribution in [0.2, 0.25) is 0 Å². The molecule has 0 N–H and O–H groups in total. The highest BCUT2D eigenvalue weighted by Crippen LogP contribution is 2.40. The van der Waals surface area contributed by atoms with Gasteiger partial charge in [-0.15, -0.1) is 0 Å². The Morgan fingerprint density at radius 3 is 1.35 bits per heavy atom. The van der Waals surface area contributed by atoms with Crippen molar-refractivity contribution in [2.24, 2.45) is 14.1 Å². The number of aromatic nitrogens is 2. The Balaban J connectivity index is 0.000000304. The molecular weight excluding hydrogens is 629 g/mol. The fraction of sp³-hybridized carbons (Fsp3) is 0.240. The molecule has 2 aromatic heterocycles. The van der Waals surface area contributed by atoms with Crippen LogP contribution in [0.1, 0.15) is 63.0 Å². The van der Waals surface area contributed by atoms with Crippen molar-refractivity contribution in [2.75, 3.05) is 0 Å². The largest absolute Gasteiger partial charge is 0.343 e. The Morgan fingerprint density at radius 1 is 0.519 bits per heavy atom. The highest BCUT2D eigenvalue weighted by Gasteiger charge is 2.16. The van der Waals surface area contributed by atoms with Crippen LogP contribution in [-0.4, -0.2) is 9.13 Å². The molecule has 0 aliphatic heterocycles. The zero-order chi connectivity index (χ0) is 36.4. The van der Waals surface area contributed by atoms with Crippen LogP contribution < -0.4 is 0 Å². The van der Waals surface area contributed by atoms with E-state index in [1.807, 2.05) is 6.08 Å². The van der Waals surface area contributed by atoms with Crippen molar-refractivity contribution in [3.8, 4) is 22.5 Å². The summed E-state index contributed by atoms with van der Waals surface area (Å²) in [5.41, 5.74) is 11.3. The predicted molar refractivity (Wildman–Crippen MR) is 230 cm³/mol. The minimum atomic E-state index is 1.13. The summed E-state index contributed by atoms with van der Waals surface area (Å²) in [7, 11) is 4.39. The molecule has 0 spiro atoms. The number of hydrogen-bond donors (Lipinski definition) is 0. The summed E-state index contributed by atoms with van der Waals surface area (Å²) in [6, 6.07) is 40.8. The first kappa shape index (κ1) is 35.1. The molecule has 0 saturated heterocycles. The lowest BCUT2D eigenvalue weighted by Crippen LogP contribution is -1.93. The highest BCUT2D eigenvalue weighted by molar-refractivity contribution is 6.24. The van der Waals surface area contributed by atoms with Crippen molar-refractivity contribution in [3.05, 3.63) is 145 Å².